The Balaban J connectivity index is 2.04. The van der Waals surface area contributed by atoms with Crippen molar-refractivity contribution in [2.75, 3.05) is 6.54 Å². The average molecular weight is 194 g/mol. The maximum absolute atomic E-state index is 13.1. The molecule has 0 aliphatic carbocycles. The summed E-state index contributed by atoms with van der Waals surface area (Å²) in [5, 5.41) is 2.73. The van der Waals surface area contributed by atoms with Crippen molar-refractivity contribution in [1.29, 1.82) is 0 Å². The van der Waals surface area contributed by atoms with E-state index in [0.717, 1.165) is 0 Å². The fourth-order valence-corrected chi connectivity index (χ4v) is 1.69. The van der Waals surface area contributed by atoms with Gasteiger partial charge in [0.2, 0.25) is 11.9 Å². The molecule has 1 unspecified atom stereocenters. The Kier molecular flexibility index (Phi) is 2.43. The number of hydrogen-bond acceptors (Lipinski definition) is 2. The van der Waals surface area contributed by atoms with Crippen molar-refractivity contribution in [3.8, 4) is 0 Å². The molecule has 0 saturated carbocycles. The molecule has 1 saturated heterocycles. The van der Waals surface area contributed by atoms with Gasteiger partial charge in [-0.15, -0.1) is 0 Å². The van der Waals surface area contributed by atoms with Crippen LogP contribution in [0.3, 0.4) is 0 Å². The van der Waals surface area contributed by atoms with Crippen LogP contribution >= 0.6 is 0 Å². The van der Waals surface area contributed by atoms with Crippen molar-refractivity contribution in [3.05, 3.63) is 29.8 Å². The fourth-order valence-electron chi connectivity index (χ4n) is 1.69. The summed E-state index contributed by atoms with van der Waals surface area (Å²) in [5.74, 6) is -0.160. The molecular weight excluding hydrogens is 183 g/mol. The Morgan fingerprint density at radius 2 is 2.50 bits per heavy atom. The topological polar surface area (TPSA) is 42.0 Å². The molecule has 74 valence electrons. The van der Waals surface area contributed by atoms with Gasteiger partial charge in [-0.05, 0) is 18.4 Å². The smallest absolute Gasteiger partial charge is 0.220 e. The molecule has 4 heteroatoms. The van der Waals surface area contributed by atoms with Gasteiger partial charge in [-0.1, -0.05) is 6.07 Å². The lowest BCUT2D eigenvalue weighted by molar-refractivity contribution is -0.119. The SMILES string of the molecule is O=C1CC(Cc2cccnc2F)CN1. The minimum Gasteiger partial charge on any atom is -0.356 e. The van der Waals surface area contributed by atoms with Gasteiger partial charge in [0, 0.05) is 24.7 Å². The van der Waals surface area contributed by atoms with E-state index >= 15 is 0 Å². The fraction of sp³-hybridized carbons (Fsp3) is 0.400. The first-order valence-corrected chi connectivity index (χ1v) is 4.62. The predicted molar refractivity (Wildman–Crippen MR) is 49.0 cm³/mol. The van der Waals surface area contributed by atoms with E-state index in [2.05, 4.69) is 10.3 Å². The third-order valence-electron chi connectivity index (χ3n) is 2.41. The second-order valence-corrected chi connectivity index (χ2v) is 3.53. The normalized spacial score (nSPS) is 20.9. The quantitative estimate of drug-likeness (QED) is 0.711. The van der Waals surface area contributed by atoms with E-state index in [-0.39, 0.29) is 11.8 Å². The first-order chi connectivity index (χ1) is 6.75. The lowest BCUT2D eigenvalue weighted by atomic mass is 10.00. The predicted octanol–water partition coefficient (Wildman–Crippen LogP) is 0.899. The van der Waals surface area contributed by atoms with Crippen molar-refractivity contribution < 1.29 is 9.18 Å². The van der Waals surface area contributed by atoms with Crippen LogP contribution in [0.5, 0.6) is 0 Å². The van der Waals surface area contributed by atoms with E-state index in [4.69, 9.17) is 0 Å². The second kappa shape index (κ2) is 3.74. The summed E-state index contributed by atoms with van der Waals surface area (Å²) in [4.78, 5) is 14.5. The molecule has 1 aliphatic heterocycles. The van der Waals surface area contributed by atoms with Crippen molar-refractivity contribution in [2.24, 2.45) is 5.92 Å². The van der Waals surface area contributed by atoms with Crippen LogP contribution in [-0.2, 0) is 11.2 Å². The van der Waals surface area contributed by atoms with Gasteiger partial charge in [0.1, 0.15) is 0 Å². The highest BCUT2D eigenvalue weighted by Gasteiger charge is 2.22. The van der Waals surface area contributed by atoms with Crippen LogP contribution in [0.4, 0.5) is 4.39 Å². The summed E-state index contributed by atoms with van der Waals surface area (Å²) >= 11 is 0. The molecule has 2 heterocycles. The standard InChI is InChI=1S/C10H11FN2O/c11-10-8(2-1-3-12-10)4-7-5-9(14)13-6-7/h1-3,7H,4-6H2,(H,13,14). The number of amides is 1. The lowest BCUT2D eigenvalue weighted by Crippen LogP contribution is -2.14. The van der Waals surface area contributed by atoms with Gasteiger partial charge in [0.05, 0.1) is 0 Å². The van der Waals surface area contributed by atoms with Crippen LogP contribution in [0.1, 0.15) is 12.0 Å². The number of nitrogens with zero attached hydrogens (tertiary/aromatic N) is 1. The van der Waals surface area contributed by atoms with Crippen molar-refractivity contribution in [2.45, 2.75) is 12.8 Å². The molecule has 1 aromatic heterocycles. The zero-order valence-corrected chi connectivity index (χ0v) is 7.66. The van der Waals surface area contributed by atoms with E-state index < -0.39 is 5.95 Å². The van der Waals surface area contributed by atoms with Crippen LogP contribution in [0.25, 0.3) is 0 Å². The lowest BCUT2D eigenvalue weighted by Gasteiger charge is -2.06. The van der Waals surface area contributed by atoms with E-state index in [1.165, 1.54) is 6.20 Å². The number of hydrogen-bond donors (Lipinski definition) is 1. The zero-order chi connectivity index (χ0) is 9.97. The summed E-state index contributed by atoms with van der Waals surface area (Å²) in [5.41, 5.74) is 0.592. The molecule has 0 bridgehead atoms. The van der Waals surface area contributed by atoms with Crippen molar-refractivity contribution in [3.63, 3.8) is 0 Å². The third kappa shape index (κ3) is 1.89. The number of carbonyl (C=O) groups excluding carboxylic acids is 1. The second-order valence-electron chi connectivity index (χ2n) is 3.53. The Labute approximate surface area is 81.3 Å². The number of carbonyl (C=O) groups is 1. The van der Waals surface area contributed by atoms with Crippen LogP contribution in [-0.4, -0.2) is 17.4 Å². The molecule has 1 N–H and O–H groups in total. The highest BCUT2D eigenvalue weighted by Crippen LogP contribution is 2.16. The molecule has 0 spiro atoms. The Hall–Kier alpha value is -1.45. The minimum atomic E-state index is -0.424. The summed E-state index contributed by atoms with van der Waals surface area (Å²) in [6, 6.07) is 3.42. The number of aromatic nitrogens is 1. The third-order valence-corrected chi connectivity index (χ3v) is 2.41. The molecule has 1 atom stereocenters. The van der Waals surface area contributed by atoms with Crippen LogP contribution in [0, 0.1) is 11.9 Å². The largest absolute Gasteiger partial charge is 0.356 e. The highest BCUT2D eigenvalue weighted by atomic mass is 19.1. The van der Waals surface area contributed by atoms with Gasteiger partial charge in [-0.2, -0.15) is 4.39 Å². The number of halogens is 1. The summed E-state index contributed by atoms with van der Waals surface area (Å²) in [6.45, 7) is 0.646. The molecule has 14 heavy (non-hydrogen) atoms. The summed E-state index contributed by atoms with van der Waals surface area (Å²) < 4.78 is 13.1. The summed E-state index contributed by atoms with van der Waals surface area (Å²) in [7, 11) is 0. The van der Waals surface area contributed by atoms with E-state index in [9.17, 15) is 9.18 Å². The Morgan fingerprint density at radius 3 is 3.14 bits per heavy atom. The molecule has 2 rings (SSSR count). The van der Waals surface area contributed by atoms with Gasteiger partial charge >= 0.3 is 0 Å². The minimum absolute atomic E-state index is 0.0549. The van der Waals surface area contributed by atoms with Gasteiger partial charge in [0.15, 0.2) is 0 Å². The van der Waals surface area contributed by atoms with Crippen LogP contribution < -0.4 is 5.32 Å². The molecular formula is C10H11FN2O. The van der Waals surface area contributed by atoms with Gasteiger partial charge in [-0.25, -0.2) is 4.98 Å². The zero-order valence-electron chi connectivity index (χ0n) is 7.66. The molecule has 3 nitrogen and oxygen atoms in total. The molecule has 1 amide bonds. The van der Waals surface area contributed by atoms with Crippen molar-refractivity contribution in [1.82, 2.24) is 10.3 Å². The van der Waals surface area contributed by atoms with E-state index in [1.54, 1.807) is 12.1 Å². The van der Waals surface area contributed by atoms with Gasteiger partial charge < -0.3 is 5.32 Å². The first-order valence-electron chi connectivity index (χ1n) is 4.62. The van der Waals surface area contributed by atoms with Crippen molar-refractivity contribution >= 4 is 5.91 Å². The van der Waals surface area contributed by atoms with Gasteiger partial charge in [0.25, 0.3) is 0 Å². The Bertz CT molecular complexity index is 354. The maximum Gasteiger partial charge on any atom is 0.220 e. The van der Waals surface area contributed by atoms with Gasteiger partial charge in [-0.3, -0.25) is 4.79 Å². The highest BCUT2D eigenvalue weighted by molar-refractivity contribution is 5.78. The number of nitrogens with one attached hydrogen (secondary N) is 1. The monoisotopic (exact) mass is 194 g/mol. The maximum atomic E-state index is 13.1. The summed E-state index contributed by atoms with van der Waals surface area (Å²) in [6.07, 6.45) is 2.50. The molecule has 1 fully saturated rings. The first kappa shape index (κ1) is 9.12. The molecule has 1 aliphatic rings. The molecule has 1 aromatic rings. The average Bonchev–Trinajstić information content (AvgIpc) is 2.56. The van der Waals surface area contributed by atoms with Crippen LogP contribution in [0.2, 0.25) is 0 Å². The van der Waals surface area contributed by atoms with E-state index in [1.807, 2.05) is 0 Å². The number of rotatable bonds is 2. The van der Waals surface area contributed by atoms with E-state index in [0.29, 0.717) is 24.9 Å². The molecule has 0 radical (unpaired) electrons. The Morgan fingerprint density at radius 1 is 1.64 bits per heavy atom. The number of pyridine rings is 1. The van der Waals surface area contributed by atoms with Crippen LogP contribution in [0.15, 0.2) is 18.3 Å². The molecule has 0 aromatic carbocycles.